The maximum atomic E-state index is 13.1. The minimum Gasteiger partial charge on any atom is -0.614 e. The van der Waals surface area contributed by atoms with Crippen molar-refractivity contribution < 1.29 is 24.0 Å². The first kappa shape index (κ1) is 20.8. The number of aromatic nitrogens is 1. The van der Waals surface area contributed by atoms with Crippen LogP contribution in [-0.4, -0.2) is 54.5 Å². The summed E-state index contributed by atoms with van der Waals surface area (Å²) in [5.74, 6) is -2.27. The average Bonchev–Trinajstić information content (AvgIpc) is 2.76. The first-order chi connectivity index (χ1) is 14.9. The lowest BCUT2D eigenvalue weighted by molar-refractivity contribution is -0.149. The number of carbonyl (C=O) groups is 3. The van der Waals surface area contributed by atoms with Crippen LogP contribution in [0, 0.1) is 0 Å². The molecule has 2 aliphatic rings. The molecule has 2 aromatic rings. The average molecular weight is 437 g/mol. The highest BCUT2D eigenvalue weighted by molar-refractivity contribution is 7.92. The lowest BCUT2D eigenvalue weighted by Crippen LogP contribution is -2.75. The molecule has 8 nitrogen and oxygen atoms in total. The summed E-state index contributed by atoms with van der Waals surface area (Å²) in [5.41, 5.74) is 1.31. The predicted octanol–water partition coefficient (Wildman–Crippen LogP) is 1.79. The largest absolute Gasteiger partial charge is 0.614 e. The Morgan fingerprint density at radius 3 is 2.58 bits per heavy atom. The molecule has 0 saturated carbocycles. The van der Waals surface area contributed by atoms with Gasteiger partial charge in [-0.05, 0) is 34.9 Å². The number of anilines is 1. The molecule has 1 N–H and O–H groups in total. The van der Waals surface area contributed by atoms with Crippen molar-refractivity contribution in [3.63, 3.8) is 0 Å². The molecular formula is C22H19N3O5S. The predicted molar refractivity (Wildman–Crippen MR) is 115 cm³/mol. The second-order valence-electron chi connectivity index (χ2n) is 7.09. The van der Waals surface area contributed by atoms with Gasteiger partial charge in [-0.25, -0.2) is 4.79 Å². The second kappa shape index (κ2) is 8.37. The van der Waals surface area contributed by atoms with Gasteiger partial charge in [0.15, 0.2) is 6.04 Å². The van der Waals surface area contributed by atoms with Gasteiger partial charge in [0.1, 0.15) is 11.4 Å². The number of para-hydroxylation sites is 1. The normalized spacial score (nSPS) is 22.8. The van der Waals surface area contributed by atoms with Crippen LogP contribution in [0.3, 0.4) is 0 Å². The van der Waals surface area contributed by atoms with Crippen LogP contribution in [0.2, 0.25) is 0 Å². The maximum Gasteiger partial charge on any atom is 0.353 e. The monoisotopic (exact) mass is 437 g/mol. The molecule has 2 unspecified atom stereocenters. The van der Waals surface area contributed by atoms with Gasteiger partial charge in [0.05, 0.1) is 0 Å². The molecule has 0 bridgehead atoms. The Kier molecular flexibility index (Phi) is 5.62. The Morgan fingerprint density at radius 2 is 1.97 bits per heavy atom. The molecule has 4 rings (SSSR count). The minimum atomic E-state index is -1.59. The standard InChI is InChI=1S/C22H19N3O5S/c1-14(26)24(17-7-3-2-4-8-17)19-20(27)25-18(22(28)29)16(13-31(30)21(19)25)10-9-15-6-5-11-23-12-15/h2-12,19,21H,13H2,1H3,(H,28,29)/t19?,21-,31?/m0/s1. The van der Waals surface area contributed by atoms with Gasteiger partial charge in [-0.1, -0.05) is 36.4 Å². The van der Waals surface area contributed by atoms with Crippen LogP contribution < -0.4 is 4.90 Å². The van der Waals surface area contributed by atoms with Crippen LogP contribution in [-0.2, 0) is 25.6 Å². The number of hydrogen-bond donors (Lipinski definition) is 1. The summed E-state index contributed by atoms with van der Waals surface area (Å²) < 4.78 is 13.1. The maximum absolute atomic E-state index is 13.1. The summed E-state index contributed by atoms with van der Waals surface area (Å²) in [6.07, 6.45) is 6.44. The zero-order valence-electron chi connectivity index (χ0n) is 16.5. The smallest absolute Gasteiger partial charge is 0.353 e. The number of pyridine rings is 1. The van der Waals surface area contributed by atoms with Gasteiger partial charge in [-0.3, -0.25) is 24.4 Å². The number of nitrogens with zero attached hydrogens (tertiary/aromatic N) is 3. The summed E-state index contributed by atoms with van der Waals surface area (Å²) in [4.78, 5) is 43.8. The van der Waals surface area contributed by atoms with E-state index in [1.54, 1.807) is 67.0 Å². The number of rotatable bonds is 5. The van der Waals surface area contributed by atoms with Crippen molar-refractivity contribution in [2.75, 3.05) is 10.7 Å². The number of hydrogen-bond acceptors (Lipinski definition) is 5. The van der Waals surface area contributed by atoms with Gasteiger partial charge in [-0.15, -0.1) is 0 Å². The number of allylic oxidation sites excluding steroid dienone is 1. The second-order valence-corrected chi connectivity index (χ2v) is 8.63. The first-order valence-corrected chi connectivity index (χ1v) is 10.9. The molecule has 0 radical (unpaired) electrons. The first-order valence-electron chi connectivity index (χ1n) is 9.50. The molecule has 1 aromatic carbocycles. The number of amides is 2. The van der Waals surface area contributed by atoms with Crippen molar-refractivity contribution in [2.24, 2.45) is 0 Å². The Labute approximate surface area is 181 Å². The van der Waals surface area contributed by atoms with E-state index in [2.05, 4.69) is 4.98 Å². The van der Waals surface area contributed by atoms with Gasteiger partial charge in [0.2, 0.25) is 11.3 Å². The highest BCUT2D eigenvalue weighted by Crippen LogP contribution is 2.40. The fraction of sp³-hybridized carbons (Fsp3) is 0.182. The Morgan fingerprint density at radius 1 is 1.23 bits per heavy atom. The van der Waals surface area contributed by atoms with E-state index in [1.165, 1.54) is 11.8 Å². The van der Waals surface area contributed by atoms with E-state index < -0.39 is 34.5 Å². The van der Waals surface area contributed by atoms with Gasteiger partial charge < -0.3 is 9.66 Å². The van der Waals surface area contributed by atoms with Gasteiger partial charge in [0, 0.05) is 30.6 Å². The van der Waals surface area contributed by atoms with E-state index in [0.717, 1.165) is 10.5 Å². The molecule has 0 aliphatic carbocycles. The number of aliphatic carboxylic acids is 1. The molecular weight excluding hydrogens is 418 g/mol. The van der Waals surface area contributed by atoms with Gasteiger partial charge in [0.25, 0.3) is 5.91 Å². The van der Waals surface area contributed by atoms with Crippen molar-refractivity contribution in [1.82, 2.24) is 9.88 Å². The molecule has 1 saturated heterocycles. The van der Waals surface area contributed by atoms with E-state index >= 15 is 0 Å². The Balaban J connectivity index is 1.70. The molecule has 1 fully saturated rings. The summed E-state index contributed by atoms with van der Waals surface area (Å²) in [6.45, 7) is 1.32. The Hall–Kier alpha value is -3.43. The third-order valence-electron chi connectivity index (χ3n) is 5.14. The summed E-state index contributed by atoms with van der Waals surface area (Å²) in [5, 5.41) is 8.89. The lowest BCUT2D eigenvalue weighted by atomic mass is 10.00. The lowest BCUT2D eigenvalue weighted by Gasteiger charge is -2.51. The molecule has 2 aliphatic heterocycles. The van der Waals surface area contributed by atoms with Crippen molar-refractivity contribution in [3.8, 4) is 0 Å². The topological polar surface area (TPSA) is 114 Å². The molecule has 158 valence electrons. The van der Waals surface area contributed by atoms with E-state index in [1.807, 2.05) is 0 Å². The van der Waals surface area contributed by atoms with Crippen molar-refractivity contribution in [3.05, 3.63) is 77.8 Å². The number of carbonyl (C=O) groups excluding carboxylic acids is 2. The van der Waals surface area contributed by atoms with Gasteiger partial charge in [-0.2, -0.15) is 0 Å². The van der Waals surface area contributed by atoms with Gasteiger partial charge >= 0.3 is 5.97 Å². The number of β-lactam (4-membered cyclic amide) rings is 1. The highest BCUT2D eigenvalue weighted by atomic mass is 32.2. The van der Waals surface area contributed by atoms with E-state index in [9.17, 15) is 24.0 Å². The molecule has 0 spiro atoms. The van der Waals surface area contributed by atoms with Crippen LogP contribution in [0.4, 0.5) is 5.69 Å². The molecule has 31 heavy (non-hydrogen) atoms. The van der Waals surface area contributed by atoms with Crippen LogP contribution in [0.1, 0.15) is 12.5 Å². The summed E-state index contributed by atoms with van der Waals surface area (Å²) in [6, 6.07) is 11.1. The SMILES string of the molecule is CC(=O)N(c1ccccc1)C1C(=O)N2C(C(=O)O)=C(C=Cc3cccnc3)C[S+]([O-])[C@@H]12. The summed E-state index contributed by atoms with van der Waals surface area (Å²) in [7, 11) is 0. The van der Waals surface area contributed by atoms with E-state index in [-0.39, 0.29) is 22.9 Å². The third kappa shape index (κ3) is 3.73. The van der Waals surface area contributed by atoms with Crippen LogP contribution in [0.5, 0.6) is 0 Å². The zero-order chi connectivity index (χ0) is 22.1. The number of carboxylic acid groups (broad SMARTS) is 1. The summed E-state index contributed by atoms with van der Waals surface area (Å²) >= 11 is -1.59. The van der Waals surface area contributed by atoms with Crippen LogP contribution in [0.15, 0.2) is 72.2 Å². The van der Waals surface area contributed by atoms with Crippen molar-refractivity contribution in [1.29, 1.82) is 0 Å². The number of benzene rings is 1. The minimum absolute atomic E-state index is 0.0378. The fourth-order valence-corrected chi connectivity index (χ4v) is 5.49. The molecule has 3 heterocycles. The number of fused-ring (bicyclic) bond motifs is 1. The fourth-order valence-electron chi connectivity index (χ4n) is 3.81. The highest BCUT2D eigenvalue weighted by Gasteiger charge is 2.63. The molecule has 1 aromatic heterocycles. The van der Waals surface area contributed by atoms with E-state index in [0.29, 0.717) is 5.69 Å². The van der Waals surface area contributed by atoms with Crippen LogP contribution in [0.25, 0.3) is 6.08 Å². The van der Waals surface area contributed by atoms with E-state index in [4.69, 9.17) is 0 Å². The zero-order valence-corrected chi connectivity index (χ0v) is 17.4. The van der Waals surface area contributed by atoms with Crippen LogP contribution >= 0.6 is 0 Å². The molecule has 9 heteroatoms. The quantitative estimate of drug-likeness (QED) is 0.564. The van der Waals surface area contributed by atoms with Crippen molar-refractivity contribution >= 4 is 40.7 Å². The van der Waals surface area contributed by atoms with Crippen molar-refractivity contribution in [2.45, 2.75) is 18.3 Å². The number of carboxylic acids is 1. The molecule has 3 atom stereocenters. The third-order valence-corrected chi connectivity index (χ3v) is 6.75. The Bertz CT molecular complexity index is 1090. The molecule has 2 amide bonds.